The number of aryl methyl sites for hydroxylation is 2. The van der Waals surface area contributed by atoms with E-state index in [0.29, 0.717) is 46.3 Å². The Bertz CT molecular complexity index is 1210. The summed E-state index contributed by atoms with van der Waals surface area (Å²) < 4.78 is 10.3. The molecule has 3 heterocycles. The van der Waals surface area contributed by atoms with Crippen LogP contribution in [0.1, 0.15) is 28.8 Å². The van der Waals surface area contributed by atoms with Crippen molar-refractivity contribution in [3.63, 3.8) is 0 Å². The molecule has 3 aromatic heterocycles. The van der Waals surface area contributed by atoms with Gasteiger partial charge < -0.3 is 14.6 Å². The molecule has 0 saturated heterocycles. The first-order chi connectivity index (χ1) is 14.1. The SMILES string of the molecule is CCc1noc(-c2cnc3nc(C)ccc3c2Nc2ccccc2C(=O)OC)n1.Cl. The van der Waals surface area contributed by atoms with Crippen molar-refractivity contribution in [1.29, 1.82) is 0 Å². The van der Waals surface area contributed by atoms with Crippen LogP contribution in [0.5, 0.6) is 0 Å². The third kappa shape index (κ3) is 3.95. The standard InChI is InChI=1S/C21H19N5O3.ClH/c1-4-17-25-20(29-26-17)15-11-22-19-14(10-9-12(2)23-19)18(15)24-16-8-6-5-7-13(16)21(27)28-3;/h5-11H,4H2,1-3H3,(H,22,23,24);1H. The Morgan fingerprint density at radius 3 is 2.70 bits per heavy atom. The number of anilines is 2. The van der Waals surface area contributed by atoms with Crippen LogP contribution in [0.15, 0.2) is 47.1 Å². The summed E-state index contributed by atoms with van der Waals surface area (Å²) in [6.07, 6.45) is 2.30. The Labute approximate surface area is 179 Å². The number of benzene rings is 1. The minimum Gasteiger partial charge on any atom is -0.465 e. The number of esters is 1. The summed E-state index contributed by atoms with van der Waals surface area (Å²) >= 11 is 0. The first-order valence-electron chi connectivity index (χ1n) is 9.14. The van der Waals surface area contributed by atoms with Gasteiger partial charge in [-0.25, -0.2) is 14.8 Å². The summed E-state index contributed by atoms with van der Waals surface area (Å²) in [7, 11) is 1.35. The molecule has 0 radical (unpaired) electrons. The van der Waals surface area contributed by atoms with E-state index in [4.69, 9.17) is 9.26 Å². The van der Waals surface area contributed by atoms with Gasteiger partial charge in [0, 0.05) is 23.7 Å². The summed E-state index contributed by atoms with van der Waals surface area (Å²) in [5.74, 6) is 0.506. The van der Waals surface area contributed by atoms with E-state index in [1.54, 1.807) is 24.4 Å². The predicted molar refractivity (Wildman–Crippen MR) is 115 cm³/mol. The van der Waals surface area contributed by atoms with Crippen LogP contribution >= 0.6 is 12.4 Å². The van der Waals surface area contributed by atoms with E-state index >= 15 is 0 Å². The number of carbonyl (C=O) groups excluding carboxylic acids is 1. The van der Waals surface area contributed by atoms with Gasteiger partial charge >= 0.3 is 5.97 Å². The minimum absolute atomic E-state index is 0. The number of halogens is 1. The van der Waals surface area contributed by atoms with Crippen molar-refractivity contribution in [2.24, 2.45) is 0 Å². The molecule has 0 aliphatic rings. The van der Waals surface area contributed by atoms with Crippen LogP contribution in [-0.2, 0) is 11.2 Å². The summed E-state index contributed by atoms with van der Waals surface area (Å²) in [5.41, 5.74) is 3.71. The third-order valence-corrected chi connectivity index (χ3v) is 4.48. The van der Waals surface area contributed by atoms with Gasteiger partial charge in [0.25, 0.3) is 5.89 Å². The van der Waals surface area contributed by atoms with Crippen LogP contribution in [0.2, 0.25) is 0 Å². The lowest BCUT2D eigenvalue weighted by Gasteiger charge is -2.15. The van der Waals surface area contributed by atoms with E-state index in [-0.39, 0.29) is 12.4 Å². The lowest BCUT2D eigenvalue weighted by molar-refractivity contribution is 0.0602. The van der Waals surface area contributed by atoms with Crippen LogP contribution < -0.4 is 5.32 Å². The summed E-state index contributed by atoms with van der Waals surface area (Å²) in [5, 5.41) is 8.08. The van der Waals surface area contributed by atoms with Crippen molar-refractivity contribution in [2.45, 2.75) is 20.3 Å². The monoisotopic (exact) mass is 425 g/mol. The van der Waals surface area contributed by atoms with Gasteiger partial charge in [-0.05, 0) is 31.2 Å². The van der Waals surface area contributed by atoms with Crippen LogP contribution in [0.3, 0.4) is 0 Å². The molecular weight excluding hydrogens is 406 g/mol. The Morgan fingerprint density at radius 2 is 1.97 bits per heavy atom. The average Bonchev–Trinajstić information content (AvgIpc) is 3.22. The van der Waals surface area contributed by atoms with Gasteiger partial charge in [-0.1, -0.05) is 24.2 Å². The van der Waals surface area contributed by atoms with E-state index in [2.05, 4.69) is 25.4 Å². The highest BCUT2D eigenvalue weighted by atomic mass is 35.5. The molecule has 4 rings (SSSR count). The third-order valence-electron chi connectivity index (χ3n) is 4.48. The predicted octanol–water partition coefficient (Wildman–Crippen LogP) is 4.50. The second-order valence-corrected chi connectivity index (χ2v) is 6.40. The molecule has 154 valence electrons. The highest BCUT2D eigenvalue weighted by molar-refractivity contribution is 6.02. The number of hydrogen-bond donors (Lipinski definition) is 1. The maximum Gasteiger partial charge on any atom is 0.339 e. The molecule has 0 fully saturated rings. The number of aromatic nitrogens is 4. The largest absolute Gasteiger partial charge is 0.465 e. The first kappa shape index (κ1) is 21.2. The number of hydrogen-bond acceptors (Lipinski definition) is 8. The Kier molecular flexibility index (Phi) is 6.27. The number of fused-ring (bicyclic) bond motifs is 1. The zero-order valence-electron chi connectivity index (χ0n) is 16.7. The molecule has 0 spiro atoms. The van der Waals surface area contributed by atoms with E-state index in [0.717, 1.165) is 11.1 Å². The van der Waals surface area contributed by atoms with Crippen molar-refractivity contribution >= 4 is 40.8 Å². The highest BCUT2D eigenvalue weighted by Crippen LogP contribution is 2.35. The fourth-order valence-corrected chi connectivity index (χ4v) is 2.99. The zero-order chi connectivity index (χ0) is 20.4. The molecular formula is C21H20ClN5O3. The average molecular weight is 426 g/mol. The molecule has 0 atom stereocenters. The van der Waals surface area contributed by atoms with Gasteiger partial charge in [0.15, 0.2) is 11.5 Å². The molecule has 8 nitrogen and oxygen atoms in total. The van der Waals surface area contributed by atoms with Crippen LogP contribution in [0, 0.1) is 6.92 Å². The summed E-state index contributed by atoms with van der Waals surface area (Å²) in [6.45, 7) is 3.85. The Balaban J connectivity index is 0.00000256. The number of carbonyl (C=O) groups is 1. The maximum absolute atomic E-state index is 12.2. The van der Waals surface area contributed by atoms with Gasteiger partial charge in [-0.2, -0.15) is 4.98 Å². The lowest BCUT2D eigenvalue weighted by Crippen LogP contribution is -2.06. The topological polar surface area (TPSA) is 103 Å². The van der Waals surface area contributed by atoms with Gasteiger partial charge in [0.2, 0.25) is 0 Å². The number of pyridine rings is 2. The molecule has 0 amide bonds. The van der Waals surface area contributed by atoms with Crippen molar-refractivity contribution in [3.05, 3.63) is 59.7 Å². The molecule has 0 aliphatic heterocycles. The molecule has 1 aromatic carbocycles. The van der Waals surface area contributed by atoms with Gasteiger partial charge in [0.1, 0.15) is 0 Å². The van der Waals surface area contributed by atoms with Crippen molar-refractivity contribution in [3.8, 4) is 11.5 Å². The number of methoxy groups -OCH3 is 1. The fraction of sp³-hybridized carbons (Fsp3) is 0.190. The van der Waals surface area contributed by atoms with Crippen molar-refractivity contribution < 1.29 is 14.1 Å². The lowest BCUT2D eigenvalue weighted by atomic mass is 10.1. The van der Waals surface area contributed by atoms with Gasteiger partial charge in [-0.15, -0.1) is 12.4 Å². The molecule has 9 heteroatoms. The second-order valence-electron chi connectivity index (χ2n) is 6.40. The number of nitrogens with one attached hydrogen (secondary N) is 1. The molecule has 1 N–H and O–H groups in total. The summed E-state index contributed by atoms with van der Waals surface area (Å²) in [4.78, 5) is 25.6. The number of rotatable bonds is 5. The normalized spacial score (nSPS) is 10.5. The smallest absolute Gasteiger partial charge is 0.339 e. The van der Waals surface area contributed by atoms with Crippen molar-refractivity contribution in [2.75, 3.05) is 12.4 Å². The van der Waals surface area contributed by atoms with E-state index < -0.39 is 5.97 Å². The zero-order valence-corrected chi connectivity index (χ0v) is 17.5. The minimum atomic E-state index is -0.437. The van der Waals surface area contributed by atoms with E-state index in [9.17, 15) is 4.79 Å². The molecule has 0 bridgehead atoms. The number of ether oxygens (including phenoxy) is 1. The fourth-order valence-electron chi connectivity index (χ4n) is 2.99. The van der Waals surface area contributed by atoms with Crippen molar-refractivity contribution in [1.82, 2.24) is 20.1 Å². The molecule has 4 aromatic rings. The van der Waals surface area contributed by atoms with Crippen LogP contribution in [0.4, 0.5) is 11.4 Å². The Morgan fingerprint density at radius 1 is 1.17 bits per heavy atom. The molecule has 0 unspecified atom stereocenters. The second kappa shape index (κ2) is 8.87. The molecule has 0 saturated carbocycles. The Hall–Kier alpha value is -3.52. The van der Waals surface area contributed by atoms with Crippen LogP contribution in [-0.4, -0.2) is 33.2 Å². The quantitative estimate of drug-likeness (QED) is 0.466. The maximum atomic E-state index is 12.2. The first-order valence-corrected chi connectivity index (χ1v) is 9.14. The van der Waals surface area contributed by atoms with E-state index in [1.165, 1.54) is 7.11 Å². The number of para-hydroxylation sites is 1. The van der Waals surface area contributed by atoms with Gasteiger partial charge in [-0.3, -0.25) is 0 Å². The highest BCUT2D eigenvalue weighted by Gasteiger charge is 2.19. The molecule has 30 heavy (non-hydrogen) atoms. The number of nitrogens with zero attached hydrogens (tertiary/aromatic N) is 4. The summed E-state index contributed by atoms with van der Waals surface area (Å²) in [6, 6.07) is 10.9. The van der Waals surface area contributed by atoms with E-state index in [1.807, 2.05) is 32.0 Å². The van der Waals surface area contributed by atoms with Gasteiger partial charge in [0.05, 0.1) is 29.6 Å². The molecule has 0 aliphatic carbocycles. The van der Waals surface area contributed by atoms with Crippen LogP contribution in [0.25, 0.3) is 22.5 Å².